The number of hydrogen-bond acceptors (Lipinski definition) is 4. The van der Waals surface area contributed by atoms with Gasteiger partial charge < -0.3 is 9.84 Å². The first-order valence-corrected chi connectivity index (χ1v) is 7.22. The van der Waals surface area contributed by atoms with Crippen LogP contribution in [0.3, 0.4) is 0 Å². The van der Waals surface area contributed by atoms with Crippen LogP contribution in [0.15, 0.2) is 24.5 Å². The van der Waals surface area contributed by atoms with Crippen LogP contribution in [0.5, 0.6) is 0 Å². The lowest BCUT2D eigenvalue weighted by molar-refractivity contribution is -0.177. The molecule has 2 aliphatic rings. The Morgan fingerprint density at radius 3 is 2.74 bits per heavy atom. The van der Waals surface area contributed by atoms with Crippen molar-refractivity contribution >= 4 is 0 Å². The maximum absolute atomic E-state index is 10.2. The summed E-state index contributed by atoms with van der Waals surface area (Å²) in [4.78, 5) is 6.48. The van der Waals surface area contributed by atoms with Crippen molar-refractivity contribution in [3.63, 3.8) is 0 Å². The highest BCUT2D eigenvalue weighted by molar-refractivity contribution is 5.10. The molecule has 3 rings (SSSR count). The monoisotopic (exact) mass is 262 g/mol. The summed E-state index contributed by atoms with van der Waals surface area (Å²) in [7, 11) is 0. The van der Waals surface area contributed by atoms with Crippen LogP contribution in [0, 0.1) is 0 Å². The Morgan fingerprint density at radius 1 is 1.32 bits per heavy atom. The van der Waals surface area contributed by atoms with Gasteiger partial charge in [-0.05, 0) is 43.4 Å². The molecule has 4 nitrogen and oxygen atoms in total. The Kier molecular flexibility index (Phi) is 3.82. The second-order valence-electron chi connectivity index (χ2n) is 5.70. The molecule has 0 amide bonds. The first-order chi connectivity index (χ1) is 9.28. The van der Waals surface area contributed by atoms with Gasteiger partial charge in [-0.25, -0.2) is 0 Å². The standard InChI is InChI=1S/C15H22N2O2/c18-14-2-1-11-19-15(14)5-9-17(10-6-15)12-13-3-7-16-8-4-13/h3-4,7-8,14,18H,1-2,5-6,9-12H2/t14-/m0/s1. The van der Waals surface area contributed by atoms with Crippen LogP contribution in [0.2, 0.25) is 0 Å². The highest BCUT2D eigenvalue weighted by atomic mass is 16.5. The number of aliphatic hydroxyl groups is 1. The number of pyridine rings is 1. The molecule has 0 aliphatic carbocycles. The summed E-state index contributed by atoms with van der Waals surface area (Å²) in [6.07, 6.45) is 7.18. The van der Waals surface area contributed by atoms with Crippen molar-refractivity contribution in [3.05, 3.63) is 30.1 Å². The topological polar surface area (TPSA) is 45.6 Å². The van der Waals surface area contributed by atoms with Gasteiger partial charge in [-0.2, -0.15) is 0 Å². The molecule has 1 atom stereocenters. The van der Waals surface area contributed by atoms with E-state index in [-0.39, 0.29) is 11.7 Å². The molecular weight excluding hydrogens is 240 g/mol. The largest absolute Gasteiger partial charge is 0.390 e. The fourth-order valence-electron chi connectivity index (χ4n) is 3.22. The van der Waals surface area contributed by atoms with E-state index < -0.39 is 0 Å². The third-order valence-corrected chi connectivity index (χ3v) is 4.48. The zero-order valence-electron chi connectivity index (χ0n) is 11.3. The minimum atomic E-state index is -0.274. The highest BCUT2D eigenvalue weighted by Crippen LogP contribution is 2.35. The van der Waals surface area contributed by atoms with E-state index >= 15 is 0 Å². The lowest BCUT2D eigenvalue weighted by Crippen LogP contribution is -2.55. The van der Waals surface area contributed by atoms with E-state index in [1.807, 2.05) is 12.4 Å². The number of aromatic nitrogens is 1. The van der Waals surface area contributed by atoms with E-state index in [1.165, 1.54) is 5.56 Å². The number of likely N-dealkylation sites (tertiary alicyclic amines) is 1. The van der Waals surface area contributed by atoms with E-state index in [4.69, 9.17) is 4.74 Å². The Balaban J connectivity index is 1.57. The molecule has 0 radical (unpaired) electrons. The second-order valence-corrected chi connectivity index (χ2v) is 5.70. The Hall–Kier alpha value is -0.970. The summed E-state index contributed by atoms with van der Waals surface area (Å²) in [6, 6.07) is 4.13. The average Bonchev–Trinajstić information content (AvgIpc) is 2.46. The molecule has 0 saturated carbocycles. The van der Waals surface area contributed by atoms with E-state index in [2.05, 4.69) is 22.0 Å². The molecule has 1 aromatic rings. The number of rotatable bonds is 2. The zero-order valence-corrected chi connectivity index (χ0v) is 11.3. The quantitative estimate of drug-likeness (QED) is 0.879. The molecular formula is C15H22N2O2. The number of piperidine rings is 1. The van der Waals surface area contributed by atoms with Crippen molar-refractivity contribution in [2.75, 3.05) is 19.7 Å². The first-order valence-electron chi connectivity index (χ1n) is 7.22. The zero-order chi connectivity index (χ0) is 13.1. The van der Waals surface area contributed by atoms with Crippen LogP contribution >= 0.6 is 0 Å². The van der Waals surface area contributed by atoms with Gasteiger partial charge in [0, 0.05) is 38.6 Å². The van der Waals surface area contributed by atoms with Crippen LogP contribution in [0.4, 0.5) is 0 Å². The molecule has 0 bridgehead atoms. The van der Waals surface area contributed by atoms with Crippen LogP contribution in [0.25, 0.3) is 0 Å². The number of aliphatic hydroxyl groups excluding tert-OH is 1. The first kappa shape index (κ1) is 13.0. The van der Waals surface area contributed by atoms with Gasteiger partial charge in [0.15, 0.2) is 0 Å². The molecule has 3 heterocycles. The van der Waals surface area contributed by atoms with E-state index in [0.717, 1.165) is 51.9 Å². The number of nitrogens with zero attached hydrogens (tertiary/aromatic N) is 2. The molecule has 2 aliphatic heterocycles. The van der Waals surface area contributed by atoms with Crippen molar-refractivity contribution in [2.24, 2.45) is 0 Å². The highest BCUT2D eigenvalue weighted by Gasteiger charge is 2.43. The van der Waals surface area contributed by atoms with Gasteiger partial charge in [-0.15, -0.1) is 0 Å². The summed E-state index contributed by atoms with van der Waals surface area (Å²) in [5.41, 5.74) is 1.04. The molecule has 1 spiro atoms. The summed E-state index contributed by atoms with van der Waals surface area (Å²) in [6.45, 7) is 3.77. The summed E-state index contributed by atoms with van der Waals surface area (Å²) in [5, 5.41) is 10.2. The minimum absolute atomic E-state index is 0.257. The predicted molar refractivity (Wildman–Crippen MR) is 72.7 cm³/mol. The van der Waals surface area contributed by atoms with Crippen molar-refractivity contribution in [3.8, 4) is 0 Å². The fraction of sp³-hybridized carbons (Fsp3) is 0.667. The van der Waals surface area contributed by atoms with Crippen molar-refractivity contribution in [2.45, 2.75) is 43.9 Å². The minimum Gasteiger partial charge on any atom is -0.390 e. The molecule has 2 fully saturated rings. The van der Waals surface area contributed by atoms with Gasteiger partial charge >= 0.3 is 0 Å². The Bertz CT molecular complexity index is 402. The summed E-state index contributed by atoms with van der Waals surface area (Å²) < 4.78 is 5.93. The van der Waals surface area contributed by atoms with E-state index in [0.29, 0.717) is 0 Å². The second kappa shape index (κ2) is 5.57. The van der Waals surface area contributed by atoms with Gasteiger partial charge in [-0.1, -0.05) is 0 Å². The molecule has 104 valence electrons. The van der Waals surface area contributed by atoms with Crippen molar-refractivity contribution in [1.29, 1.82) is 0 Å². The van der Waals surface area contributed by atoms with Gasteiger partial charge in [0.1, 0.15) is 0 Å². The molecule has 0 unspecified atom stereocenters. The van der Waals surface area contributed by atoms with E-state index in [9.17, 15) is 5.11 Å². The molecule has 1 N–H and O–H groups in total. The van der Waals surface area contributed by atoms with Crippen LogP contribution in [0.1, 0.15) is 31.2 Å². The predicted octanol–water partition coefficient (Wildman–Crippen LogP) is 1.59. The maximum atomic E-state index is 10.2. The third kappa shape index (κ3) is 2.81. The number of ether oxygens (including phenoxy) is 1. The van der Waals surface area contributed by atoms with Gasteiger partial charge in [0.2, 0.25) is 0 Å². The summed E-state index contributed by atoms with van der Waals surface area (Å²) >= 11 is 0. The van der Waals surface area contributed by atoms with Gasteiger partial charge in [0.05, 0.1) is 11.7 Å². The fourth-order valence-corrected chi connectivity index (χ4v) is 3.22. The lowest BCUT2D eigenvalue weighted by atomic mass is 9.82. The van der Waals surface area contributed by atoms with Gasteiger partial charge in [0.25, 0.3) is 0 Å². The van der Waals surface area contributed by atoms with Crippen molar-refractivity contribution < 1.29 is 9.84 Å². The molecule has 4 heteroatoms. The maximum Gasteiger partial charge on any atom is 0.0964 e. The average molecular weight is 262 g/mol. The smallest absolute Gasteiger partial charge is 0.0964 e. The SMILES string of the molecule is O[C@H]1CCCOC12CCN(Cc1ccncc1)CC2. The van der Waals surface area contributed by atoms with Gasteiger partial charge in [-0.3, -0.25) is 9.88 Å². The normalized spacial score (nSPS) is 27.5. The number of hydrogen-bond donors (Lipinski definition) is 1. The molecule has 19 heavy (non-hydrogen) atoms. The van der Waals surface area contributed by atoms with Crippen molar-refractivity contribution in [1.82, 2.24) is 9.88 Å². The Morgan fingerprint density at radius 2 is 2.05 bits per heavy atom. The Labute approximate surface area is 114 Å². The third-order valence-electron chi connectivity index (χ3n) is 4.48. The van der Waals surface area contributed by atoms with Crippen LogP contribution in [-0.4, -0.2) is 46.4 Å². The van der Waals surface area contributed by atoms with E-state index in [1.54, 1.807) is 0 Å². The summed E-state index contributed by atoms with van der Waals surface area (Å²) in [5.74, 6) is 0. The van der Waals surface area contributed by atoms with Crippen LogP contribution < -0.4 is 0 Å². The molecule has 0 aromatic carbocycles. The molecule has 1 aromatic heterocycles. The lowest BCUT2D eigenvalue weighted by Gasteiger charge is -2.46. The van der Waals surface area contributed by atoms with Crippen LogP contribution in [-0.2, 0) is 11.3 Å². The molecule has 2 saturated heterocycles.